The van der Waals surface area contributed by atoms with Gasteiger partial charge in [0.2, 0.25) is 0 Å². The van der Waals surface area contributed by atoms with Crippen LogP contribution in [0.15, 0.2) is 11.6 Å². The lowest BCUT2D eigenvalue weighted by Crippen LogP contribution is -2.62. The SMILES string of the molecule is CC(=O)[C@H]1CC[C@H]2[C@@H]3CCC4=CC(=O)CC[C@]4(C)[C@H]3[C@@H](O)[C@H](Cl)[C@]12C. The van der Waals surface area contributed by atoms with E-state index in [-0.39, 0.29) is 34.2 Å². The van der Waals surface area contributed by atoms with Gasteiger partial charge in [0.25, 0.3) is 0 Å². The van der Waals surface area contributed by atoms with Crippen LogP contribution in [0.4, 0.5) is 0 Å². The maximum Gasteiger partial charge on any atom is 0.155 e. The van der Waals surface area contributed by atoms with E-state index in [1.165, 1.54) is 5.57 Å². The highest BCUT2D eigenvalue weighted by Crippen LogP contribution is 2.67. The fourth-order valence-electron chi connectivity index (χ4n) is 7.26. The number of aliphatic hydroxyl groups excluding tert-OH is 1. The predicted molar refractivity (Wildman–Crippen MR) is 97.3 cm³/mol. The Labute approximate surface area is 155 Å². The standard InChI is InChI=1S/C21H29ClO3/c1-11(23)15-6-7-16-14-5-4-12-10-13(24)8-9-20(12,2)17(14)18(25)19(22)21(15,16)3/h10,14-19,25H,4-9H2,1-3H3/t14-,15+,16-,17+,18+,19-,20-,21+/m0/s1. The zero-order valence-electron chi connectivity index (χ0n) is 15.4. The number of Topliss-reactive ketones (excluding diaryl/α,β-unsaturated/α-hetero) is 1. The Bertz CT molecular complexity index is 656. The molecule has 4 heteroatoms. The fourth-order valence-corrected chi connectivity index (χ4v) is 7.73. The number of rotatable bonds is 1. The Morgan fingerprint density at radius 2 is 1.96 bits per heavy atom. The van der Waals surface area contributed by atoms with E-state index in [2.05, 4.69) is 13.8 Å². The van der Waals surface area contributed by atoms with E-state index in [4.69, 9.17) is 11.6 Å². The van der Waals surface area contributed by atoms with Crippen molar-refractivity contribution in [3.8, 4) is 0 Å². The molecule has 4 rings (SSSR count). The van der Waals surface area contributed by atoms with Crippen molar-refractivity contribution in [2.75, 3.05) is 0 Å². The van der Waals surface area contributed by atoms with Gasteiger partial charge >= 0.3 is 0 Å². The zero-order chi connectivity index (χ0) is 18.1. The molecule has 3 fully saturated rings. The number of allylic oxidation sites excluding steroid dienone is 1. The number of aliphatic hydroxyl groups is 1. The summed E-state index contributed by atoms with van der Waals surface area (Å²) >= 11 is 6.90. The number of carbonyl (C=O) groups is 2. The monoisotopic (exact) mass is 364 g/mol. The van der Waals surface area contributed by atoms with Crippen molar-refractivity contribution in [2.45, 2.75) is 70.8 Å². The summed E-state index contributed by atoms with van der Waals surface area (Å²) in [5, 5.41) is 10.9. The number of hydrogen-bond acceptors (Lipinski definition) is 3. The van der Waals surface area contributed by atoms with Gasteiger partial charge in [0.1, 0.15) is 5.78 Å². The lowest BCUT2D eigenvalue weighted by molar-refractivity contribution is -0.141. The number of halogens is 1. The topological polar surface area (TPSA) is 54.4 Å². The Morgan fingerprint density at radius 3 is 2.64 bits per heavy atom. The van der Waals surface area contributed by atoms with Crippen molar-refractivity contribution in [3.63, 3.8) is 0 Å². The molecule has 0 aliphatic heterocycles. The van der Waals surface area contributed by atoms with Crippen LogP contribution < -0.4 is 0 Å². The van der Waals surface area contributed by atoms with Crippen molar-refractivity contribution >= 4 is 23.2 Å². The van der Waals surface area contributed by atoms with Gasteiger partial charge < -0.3 is 5.11 Å². The second-order valence-corrected chi connectivity index (χ2v) is 9.86. The third-order valence-electron chi connectivity index (χ3n) is 8.49. The highest BCUT2D eigenvalue weighted by molar-refractivity contribution is 6.22. The minimum atomic E-state index is -0.616. The number of alkyl halides is 1. The van der Waals surface area contributed by atoms with Gasteiger partial charge in [-0.05, 0) is 73.7 Å². The molecule has 0 unspecified atom stereocenters. The summed E-state index contributed by atoms with van der Waals surface area (Å²) in [5.41, 5.74) is 0.785. The van der Waals surface area contributed by atoms with Crippen molar-refractivity contribution < 1.29 is 14.7 Å². The molecular formula is C21H29ClO3. The lowest BCUT2D eigenvalue weighted by Gasteiger charge is -2.61. The molecule has 0 spiro atoms. The van der Waals surface area contributed by atoms with E-state index < -0.39 is 11.5 Å². The van der Waals surface area contributed by atoms with Gasteiger partial charge in [-0.3, -0.25) is 9.59 Å². The van der Waals surface area contributed by atoms with Crippen molar-refractivity contribution in [1.29, 1.82) is 0 Å². The zero-order valence-corrected chi connectivity index (χ0v) is 16.2. The van der Waals surface area contributed by atoms with E-state index in [1.54, 1.807) is 6.92 Å². The molecule has 25 heavy (non-hydrogen) atoms. The quantitative estimate of drug-likeness (QED) is 0.717. The first kappa shape index (κ1) is 17.7. The van der Waals surface area contributed by atoms with E-state index in [0.29, 0.717) is 18.3 Å². The third kappa shape index (κ3) is 2.21. The van der Waals surface area contributed by atoms with Crippen molar-refractivity contribution in [1.82, 2.24) is 0 Å². The number of hydrogen-bond donors (Lipinski definition) is 1. The molecular weight excluding hydrogens is 336 g/mol. The summed E-state index contributed by atoms with van der Waals surface area (Å²) in [7, 11) is 0. The van der Waals surface area contributed by atoms with Crippen LogP contribution in [0.2, 0.25) is 0 Å². The second kappa shape index (κ2) is 5.66. The molecule has 8 atom stereocenters. The summed E-state index contributed by atoms with van der Waals surface area (Å²) in [5.74, 6) is 1.30. The molecule has 0 bridgehead atoms. The van der Waals surface area contributed by atoms with Crippen LogP contribution in [0.25, 0.3) is 0 Å². The van der Waals surface area contributed by atoms with E-state index in [9.17, 15) is 14.7 Å². The van der Waals surface area contributed by atoms with Gasteiger partial charge in [-0.1, -0.05) is 19.4 Å². The summed E-state index contributed by atoms with van der Waals surface area (Å²) < 4.78 is 0. The lowest BCUT2D eigenvalue weighted by atomic mass is 9.45. The maximum absolute atomic E-state index is 12.3. The normalized spacial score (nSPS) is 52.0. The van der Waals surface area contributed by atoms with Crippen molar-refractivity contribution in [2.24, 2.45) is 34.5 Å². The third-order valence-corrected chi connectivity index (χ3v) is 9.22. The molecule has 0 aromatic rings. The van der Waals surface area contributed by atoms with Gasteiger partial charge in [-0.15, -0.1) is 11.6 Å². The summed E-state index contributed by atoms with van der Waals surface area (Å²) in [6.07, 6.45) is 6.50. The van der Waals surface area contributed by atoms with Crippen LogP contribution in [0.1, 0.15) is 59.3 Å². The van der Waals surface area contributed by atoms with Crippen LogP contribution in [-0.4, -0.2) is 28.2 Å². The number of carbonyl (C=O) groups excluding carboxylic acids is 2. The highest BCUT2D eigenvalue weighted by Gasteiger charge is 2.66. The Kier molecular flexibility index (Phi) is 4.01. The predicted octanol–water partition coefficient (Wildman–Crippen LogP) is 3.91. The fraction of sp³-hybridized carbons (Fsp3) is 0.810. The first-order chi connectivity index (χ1) is 11.7. The molecule has 0 saturated heterocycles. The molecule has 4 aliphatic carbocycles. The minimum absolute atomic E-state index is 0.0340. The van der Waals surface area contributed by atoms with Gasteiger partial charge in [0, 0.05) is 12.3 Å². The first-order valence-corrected chi connectivity index (χ1v) is 10.2. The van der Waals surface area contributed by atoms with Crippen molar-refractivity contribution in [3.05, 3.63) is 11.6 Å². The highest BCUT2D eigenvalue weighted by atomic mass is 35.5. The average molecular weight is 365 g/mol. The minimum Gasteiger partial charge on any atom is -0.391 e. The molecule has 0 radical (unpaired) electrons. The van der Waals surface area contributed by atoms with Gasteiger partial charge in [-0.25, -0.2) is 0 Å². The Morgan fingerprint density at radius 1 is 1.24 bits per heavy atom. The number of ketones is 2. The van der Waals surface area contributed by atoms with Crippen LogP contribution in [-0.2, 0) is 9.59 Å². The van der Waals surface area contributed by atoms with Crippen LogP contribution in [0.5, 0.6) is 0 Å². The maximum atomic E-state index is 12.3. The summed E-state index contributed by atoms with van der Waals surface area (Å²) in [6.45, 7) is 6.05. The Balaban J connectivity index is 1.77. The molecule has 0 heterocycles. The van der Waals surface area contributed by atoms with Crippen LogP contribution >= 0.6 is 11.6 Å². The van der Waals surface area contributed by atoms with Gasteiger partial charge in [-0.2, -0.15) is 0 Å². The molecule has 4 aliphatic rings. The molecule has 3 saturated carbocycles. The van der Waals surface area contributed by atoms with Gasteiger partial charge in [0.15, 0.2) is 5.78 Å². The molecule has 1 N–H and O–H groups in total. The smallest absolute Gasteiger partial charge is 0.155 e. The Hall–Kier alpha value is -0.670. The molecule has 0 amide bonds. The second-order valence-electron chi connectivity index (χ2n) is 9.39. The largest absolute Gasteiger partial charge is 0.391 e. The molecule has 138 valence electrons. The van der Waals surface area contributed by atoms with E-state index in [0.717, 1.165) is 32.1 Å². The van der Waals surface area contributed by atoms with Crippen LogP contribution in [0.3, 0.4) is 0 Å². The molecule has 0 aromatic carbocycles. The van der Waals surface area contributed by atoms with Crippen LogP contribution in [0, 0.1) is 34.5 Å². The van der Waals surface area contributed by atoms with Gasteiger partial charge in [0.05, 0.1) is 11.5 Å². The molecule has 0 aromatic heterocycles. The van der Waals surface area contributed by atoms with E-state index in [1.807, 2.05) is 6.08 Å². The number of fused-ring (bicyclic) bond motifs is 5. The first-order valence-electron chi connectivity index (χ1n) is 9.77. The average Bonchev–Trinajstić information content (AvgIpc) is 2.91. The summed E-state index contributed by atoms with van der Waals surface area (Å²) in [4.78, 5) is 24.2. The summed E-state index contributed by atoms with van der Waals surface area (Å²) in [6, 6.07) is 0. The van der Waals surface area contributed by atoms with E-state index >= 15 is 0 Å². The molecule has 3 nitrogen and oxygen atoms in total.